The number of amides is 1. The maximum atomic E-state index is 12.7. The number of ether oxygens (including phenoxy) is 1. The van der Waals surface area contributed by atoms with Crippen molar-refractivity contribution in [1.82, 2.24) is 4.72 Å². The Balaban J connectivity index is 1.95. The van der Waals surface area contributed by atoms with Gasteiger partial charge in [-0.25, -0.2) is 13.1 Å². The monoisotopic (exact) mass is 413 g/mol. The third kappa shape index (κ3) is 4.02. The van der Waals surface area contributed by atoms with Crippen LogP contribution in [0.1, 0.15) is 23.0 Å². The summed E-state index contributed by atoms with van der Waals surface area (Å²) in [6.45, 7) is 2.01. The van der Waals surface area contributed by atoms with E-state index in [1.165, 1.54) is 24.3 Å². The zero-order chi connectivity index (χ0) is 21.2. The highest BCUT2D eigenvalue weighted by molar-refractivity contribution is 7.90. The number of carbonyl (C=O) groups excluding carboxylic acids is 1. The number of carbonyl (C=O) groups is 1. The molecule has 0 unspecified atom stereocenters. The van der Waals surface area contributed by atoms with Crippen LogP contribution in [0, 0.1) is 11.3 Å². The van der Waals surface area contributed by atoms with Crippen LogP contribution in [0.2, 0.25) is 0 Å². The average Bonchev–Trinajstić information content (AvgIpc) is 3.10. The minimum Gasteiger partial charge on any atom is -0.492 e. The molecule has 3 aromatic rings. The molecule has 8 nitrogen and oxygen atoms in total. The van der Waals surface area contributed by atoms with E-state index in [0.29, 0.717) is 22.2 Å². The van der Waals surface area contributed by atoms with Crippen molar-refractivity contribution in [1.29, 1.82) is 5.26 Å². The maximum absolute atomic E-state index is 12.7. The number of nitrogens with one attached hydrogen (secondary N) is 1. The lowest BCUT2D eigenvalue weighted by atomic mass is 10.1. The number of hydrogen-bond acceptors (Lipinski definition) is 7. The van der Waals surface area contributed by atoms with Gasteiger partial charge in [-0.05, 0) is 31.2 Å². The smallest absolute Gasteiger partial charge is 0.300 e. The van der Waals surface area contributed by atoms with Gasteiger partial charge in [-0.15, -0.1) is 0 Å². The summed E-state index contributed by atoms with van der Waals surface area (Å²) < 4.78 is 38.2. The Morgan fingerprint density at radius 2 is 1.97 bits per heavy atom. The van der Waals surface area contributed by atoms with Crippen molar-refractivity contribution in [2.75, 3.05) is 25.6 Å². The third-order valence-corrected chi connectivity index (χ3v) is 5.50. The molecular formula is C20H19N3O5S. The molecule has 0 aliphatic rings. The van der Waals surface area contributed by atoms with Gasteiger partial charge in [-0.2, -0.15) is 5.26 Å². The van der Waals surface area contributed by atoms with Gasteiger partial charge in [-0.3, -0.25) is 4.79 Å². The van der Waals surface area contributed by atoms with Crippen LogP contribution in [-0.2, 0) is 10.0 Å². The first kappa shape index (κ1) is 20.2. The topological polar surface area (TPSA) is 113 Å². The standard InChI is InChI=1S/C20H19N3O5S/c1-4-27-16-7-5-6-8-19(16)29(25,26)22-20(24)18-10-13-9-14(12-21)15(23(2)3)11-17(13)28-18/h5-11H,4H2,1-3H3,(H,22,24). The number of sulfonamides is 1. The highest BCUT2D eigenvalue weighted by Crippen LogP contribution is 2.29. The van der Waals surface area contributed by atoms with Gasteiger partial charge in [0.25, 0.3) is 10.0 Å². The van der Waals surface area contributed by atoms with Gasteiger partial charge in [0, 0.05) is 25.5 Å². The number of furan rings is 1. The molecule has 150 valence electrons. The molecule has 0 aliphatic carbocycles. The second-order valence-corrected chi connectivity index (χ2v) is 7.99. The summed E-state index contributed by atoms with van der Waals surface area (Å²) in [7, 11) is -0.620. The maximum Gasteiger partial charge on any atom is 0.300 e. The van der Waals surface area contributed by atoms with Crippen LogP contribution in [0.15, 0.2) is 51.8 Å². The van der Waals surface area contributed by atoms with E-state index >= 15 is 0 Å². The number of nitrogens with zero attached hydrogens (tertiary/aromatic N) is 2. The number of rotatable bonds is 6. The largest absolute Gasteiger partial charge is 0.492 e. The minimum absolute atomic E-state index is 0.145. The molecule has 0 saturated heterocycles. The van der Waals surface area contributed by atoms with Gasteiger partial charge < -0.3 is 14.1 Å². The Hall–Kier alpha value is -3.51. The number of benzene rings is 2. The van der Waals surface area contributed by atoms with E-state index in [4.69, 9.17) is 9.15 Å². The molecule has 0 aliphatic heterocycles. The van der Waals surface area contributed by atoms with Crippen molar-refractivity contribution in [3.05, 3.63) is 53.8 Å². The van der Waals surface area contributed by atoms with Gasteiger partial charge in [-0.1, -0.05) is 12.1 Å². The Labute approximate surface area is 168 Å². The summed E-state index contributed by atoms with van der Waals surface area (Å²) in [5.74, 6) is -0.955. The highest BCUT2D eigenvalue weighted by Gasteiger charge is 2.25. The molecule has 1 heterocycles. The summed E-state index contributed by atoms with van der Waals surface area (Å²) >= 11 is 0. The summed E-state index contributed by atoms with van der Waals surface area (Å²) in [5.41, 5.74) is 1.40. The number of anilines is 1. The summed E-state index contributed by atoms with van der Waals surface area (Å²) in [5, 5.41) is 9.83. The molecule has 0 atom stereocenters. The second-order valence-electron chi connectivity index (χ2n) is 6.34. The van der Waals surface area contributed by atoms with Gasteiger partial charge in [0.1, 0.15) is 22.3 Å². The molecule has 2 aromatic carbocycles. The number of nitriles is 1. The zero-order valence-electron chi connectivity index (χ0n) is 16.1. The molecule has 3 rings (SSSR count). The molecule has 9 heteroatoms. The van der Waals surface area contributed by atoms with Crippen molar-refractivity contribution in [2.24, 2.45) is 0 Å². The SMILES string of the molecule is CCOc1ccccc1S(=O)(=O)NC(=O)c1cc2cc(C#N)c(N(C)C)cc2o1. The van der Waals surface area contributed by atoms with Crippen LogP contribution in [0.25, 0.3) is 11.0 Å². The molecule has 0 radical (unpaired) electrons. The van der Waals surface area contributed by atoms with Gasteiger partial charge >= 0.3 is 5.91 Å². The molecular weight excluding hydrogens is 394 g/mol. The zero-order valence-corrected chi connectivity index (χ0v) is 16.9. The van der Waals surface area contributed by atoms with Gasteiger partial charge in [0.05, 0.1) is 17.9 Å². The predicted octanol–water partition coefficient (Wildman–Crippen LogP) is 2.89. The fraction of sp³-hybridized carbons (Fsp3) is 0.200. The van der Waals surface area contributed by atoms with E-state index in [0.717, 1.165) is 0 Å². The van der Waals surface area contributed by atoms with Crippen molar-refractivity contribution in [3.8, 4) is 11.8 Å². The van der Waals surface area contributed by atoms with E-state index < -0.39 is 15.9 Å². The molecule has 29 heavy (non-hydrogen) atoms. The number of fused-ring (bicyclic) bond motifs is 1. The Bertz CT molecular complexity index is 1220. The minimum atomic E-state index is -4.18. The summed E-state index contributed by atoms with van der Waals surface area (Å²) in [4.78, 5) is 14.1. The highest BCUT2D eigenvalue weighted by atomic mass is 32.2. The molecule has 1 N–H and O–H groups in total. The van der Waals surface area contributed by atoms with E-state index in [9.17, 15) is 18.5 Å². The lowest BCUT2D eigenvalue weighted by Gasteiger charge is -2.13. The van der Waals surface area contributed by atoms with Crippen molar-refractivity contribution in [3.63, 3.8) is 0 Å². The summed E-state index contributed by atoms with van der Waals surface area (Å²) in [6, 6.07) is 12.7. The first-order valence-corrected chi connectivity index (χ1v) is 10.2. The van der Waals surface area contributed by atoms with E-state index in [1.807, 2.05) is 4.72 Å². The van der Waals surface area contributed by atoms with Crippen molar-refractivity contribution in [2.45, 2.75) is 11.8 Å². The van der Waals surface area contributed by atoms with Gasteiger partial charge in [0.15, 0.2) is 5.76 Å². The summed E-state index contributed by atoms with van der Waals surface area (Å²) in [6.07, 6.45) is 0. The van der Waals surface area contributed by atoms with E-state index in [1.54, 1.807) is 44.1 Å². The molecule has 1 amide bonds. The Morgan fingerprint density at radius 3 is 2.62 bits per heavy atom. The van der Waals surface area contributed by atoms with Crippen LogP contribution in [0.4, 0.5) is 5.69 Å². The first-order valence-electron chi connectivity index (χ1n) is 8.70. The first-order chi connectivity index (χ1) is 13.8. The average molecular weight is 413 g/mol. The molecule has 1 aromatic heterocycles. The van der Waals surface area contributed by atoms with Crippen molar-refractivity contribution >= 4 is 32.6 Å². The molecule has 0 bridgehead atoms. The Morgan fingerprint density at radius 1 is 1.24 bits per heavy atom. The fourth-order valence-electron chi connectivity index (χ4n) is 2.82. The lowest BCUT2D eigenvalue weighted by molar-refractivity contribution is 0.0956. The van der Waals surface area contributed by atoms with Crippen LogP contribution < -0.4 is 14.4 Å². The third-order valence-electron chi connectivity index (χ3n) is 4.13. The molecule has 0 spiro atoms. The van der Waals surface area contributed by atoms with Crippen LogP contribution >= 0.6 is 0 Å². The van der Waals surface area contributed by atoms with Crippen molar-refractivity contribution < 1.29 is 22.4 Å². The lowest BCUT2D eigenvalue weighted by Crippen LogP contribution is -2.30. The molecule has 0 saturated carbocycles. The van der Waals surface area contributed by atoms with Crippen LogP contribution in [0.5, 0.6) is 5.75 Å². The van der Waals surface area contributed by atoms with E-state index in [-0.39, 0.29) is 23.0 Å². The van der Waals surface area contributed by atoms with E-state index in [2.05, 4.69) is 6.07 Å². The predicted molar refractivity (Wildman–Crippen MR) is 108 cm³/mol. The fourth-order valence-corrected chi connectivity index (χ4v) is 3.93. The van der Waals surface area contributed by atoms with Gasteiger partial charge in [0.2, 0.25) is 0 Å². The van der Waals surface area contributed by atoms with Crippen LogP contribution in [0.3, 0.4) is 0 Å². The number of para-hydroxylation sites is 1. The normalized spacial score (nSPS) is 11.1. The number of hydrogen-bond donors (Lipinski definition) is 1. The molecule has 0 fully saturated rings. The van der Waals surface area contributed by atoms with Crippen LogP contribution in [-0.4, -0.2) is 35.0 Å². The Kier molecular flexibility index (Phi) is 5.48. The quantitative estimate of drug-likeness (QED) is 0.661. The second kappa shape index (κ2) is 7.85.